The van der Waals surface area contributed by atoms with E-state index >= 15 is 0 Å². The van der Waals surface area contributed by atoms with Gasteiger partial charge in [-0.25, -0.2) is 0 Å². The summed E-state index contributed by atoms with van der Waals surface area (Å²) in [7, 11) is 1.54. The Kier molecular flexibility index (Phi) is 6.75. The van der Waals surface area contributed by atoms with Crippen molar-refractivity contribution in [3.05, 3.63) is 77.9 Å². The summed E-state index contributed by atoms with van der Waals surface area (Å²) in [5.74, 6) is -2.04. The van der Waals surface area contributed by atoms with Gasteiger partial charge in [0.1, 0.15) is 11.5 Å². The summed E-state index contributed by atoms with van der Waals surface area (Å²) in [5, 5.41) is 11.4. The number of aliphatic hydroxyl groups excluding tert-OH is 1. The molecule has 2 aromatic carbocycles. The maximum Gasteiger partial charge on any atom is 0.296 e. The van der Waals surface area contributed by atoms with E-state index in [9.17, 15) is 19.5 Å². The molecule has 35 heavy (non-hydrogen) atoms. The normalized spacial score (nSPS) is 20.6. The molecular formula is C27H28N2O6. The van der Waals surface area contributed by atoms with Crippen LogP contribution in [0.15, 0.2) is 66.8 Å². The number of anilines is 1. The molecule has 4 rings (SSSR count). The van der Waals surface area contributed by atoms with Crippen LogP contribution in [0.25, 0.3) is 5.76 Å². The summed E-state index contributed by atoms with van der Waals surface area (Å²) in [6.07, 6.45) is 1.99. The van der Waals surface area contributed by atoms with E-state index in [2.05, 4.69) is 6.58 Å². The van der Waals surface area contributed by atoms with Crippen molar-refractivity contribution in [2.75, 3.05) is 38.3 Å². The lowest BCUT2D eigenvalue weighted by molar-refractivity contribution is -0.143. The molecule has 1 saturated heterocycles. The Balaban J connectivity index is 1.97. The number of carbonyl (C=O) groups is 3. The second kappa shape index (κ2) is 9.76. The van der Waals surface area contributed by atoms with Crippen LogP contribution in [0.4, 0.5) is 5.69 Å². The third kappa shape index (κ3) is 3.70. The highest BCUT2D eigenvalue weighted by atomic mass is 16.5. The van der Waals surface area contributed by atoms with E-state index in [0.717, 1.165) is 0 Å². The number of ether oxygens (including phenoxy) is 2. The number of likely N-dealkylation sites (tertiary alicyclic amines) is 1. The lowest BCUT2D eigenvalue weighted by Gasteiger charge is -2.34. The van der Waals surface area contributed by atoms with Crippen LogP contribution in [0.2, 0.25) is 0 Å². The number of para-hydroxylation sites is 1. The molecule has 182 valence electrons. The fourth-order valence-corrected chi connectivity index (χ4v) is 4.86. The van der Waals surface area contributed by atoms with E-state index in [4.69, 9.17) is 9.47 Å². The molecule has 0 bridgehead atoms. The predicted molar refractivity (Wildman–Crippen MR) is 131 cm³/mol. The van der Waals surface area contributed by atoms with E-state index in [1.54, 1.807) is 54.6 Å². The maximum absolute atomic E-state index is 14.1. The number of fused-ring (bicyclic) bond motifs is 2. The zero-order valence-corrected chi connectivity index (χ0v) is 19.8. The van der Waals surface area contributed by atoms with Gasteiger partial charge in [-0.05, 0) is 43.7 Å². The van der Waals surface area contributed by atoms with Gasteiger partial charge in [-0.1, -0.05) is 24.3 Å². The number of rotatable bonds is 9. The topological polar surface area (TPSA) is 96.4 Å². The summed E-state index contributed by atoms with van der Waals surface area (Å²) in [6.45, 7) is 6.70. The van der Waals surface area contributed by atoms with E-state index in [-0.39, 0.29) is 18.7 Å². The van der Waals surface area contributed by atoms with Crippen molar-refractivity contribution in [1.82, 2.24) is 4.90 Å². The zero-order valence-electron chi connectivity index (χ0n) is 19.8. The Labute approximate surface area is 204 Å². The first-order chi connectivity index (χ1) is 16.9. The average molecular weight is 477 g/mol. The standard InChI is InChI=1S/C27H28N2O6/c1-4-15-28-21-10-7-6-9-20(21)27(26(28)33)22(24(31)25(32)29(27)16-8-17-34-3)23(30)18-11-13-19(14-12-18)35-5-2/h4,6-7,9-14,30H,1,5,8,15-17H2,2-3H3/b23-22-. The summed E-state index contributed by atoms with van der Waals surface area (Å²) < 4.78 is 10.6. The lowest BCUT2D eigenvalue weighted by atomic mass is 9.82. The molecule has 2 aromatic rings. The lowest BCUT2D eigenvalue weighted by Crippen LogP contribution is -2.52. The Bertz CT molecular complexity index is 1200. The highest BCUT2D eigenvalue weighted by Gasteiger charge is 2.66. The zero-order chi connectivity index (χ0) is 25.2. The van der Waals surface area contributed by atoms with Crippen LogP contribution in [0.3, 0.4) is 0 Å². The van der Waals surface area contributed by atoms with Gasteiger partial charge in [0, 0.05) is 37.9 Å². The molecule has 0 aliphatic carbocycles. The highest BCUT2D eigenvalue weighted by Crippen LogP contribution is 2.53. The van der Waals surface area contributed by atoms with Crippen LogP contribution >= 0.6 is 0 Å². The molecule has 2 aliphatic rings. The van der Waals surface area contributed by atoms with E-state index in [1.807, 2.05) is 6.92 Å². The predicted octanol–water partition coefficient (Wildman–Crippen LogP) is 3.23. The molecule has 1 atom stereocenters. The van der Waals surface area contributed by atoms with Gasteiger partial charge in [0.25, 0.3) is 17.6 Å². The first-order valence-electron chi connectivity index (χ1n) is 11.5. The minimum Gasteiger partial charge on any atom is -0.507 e. The van der Waals surface area contributed by atoms with E-state index in [0.29, 0.717) is 42.2 Å². The summed E-state index contributed by atoms with van der Waals surface area (Å²) >= 11 is 0. The molecule has 0 aromatic heterocycles. The molecular weight excluding hydrogens is 448 g/mol. The van der Waals surface area contributed by atoms with Crippen LogP contribution in [-0.2, 0) is 24.7 Å². The minimum absolute atomic E-state index is 0.0977. The molecule has 8 nitrogen and oxygen atoms in total. The van der Waals surface area contributed by atoms with E-state index in [1.165, 1.54) is 16.9 Å². The SMILES string of the molecule is C=CCN1C(=O)C2(/C(=C(\O)c3ccc(OCC)cc3)C(=O)C(=O)N2CCCOC)c2ccccc21. The summed E-state index contributed by atoms with van der Waals surface area (Å²) in [4.78, 5) is 43.7. The van der Waals surface area contributed by atoms with Crippen molar-refractivity contribution in [2.45, 2.75) is 18.9 Å². The average Bonchev–Trinajstić information content (AvgIpc) is 3.24. The Morgan fingerprint density at radius 3 is 2.49 bits per heavy atom. The van der Waals surface area contributed by atoms with Crippen LogP contribution in [0.1, 0.15) is 24.5 Å². The largest absolute Gasteiger partial charge is 0.507 e. The number of hydrogen-bond acceptors (Lipinski definition) is 6. The van der Waals surface area contributed by atoms with Gasteiger partial charge < -0.3 is 24.4 Å². The van der Waals surface area contributed by atoms with Crippen molar-refractivity contribution in [3.63, 3.8) is 0 Å². The molecule has 2 aliphatic heterocycles. The van der Waals surface area contributed by atoms with Gasteiger partial charge in [-0.3, -0.25) is 14.4 Å². The number of benzene rings is 2. The molecule has 1 fully saturated rings. The van der Waals surface area contributed by atoms with Gasteiger partial charge in [-0.15, -0.1) is 6.58 Å². The van der Waals surface area contributed by atoms with Gasteiger partial charge >= 0.3 is 0 Å². The number of aliphatic hydroxyl groups is 1. The molecule has 1 N–H and O–H groups in total. The van der Waals surface area contributed by atoms with Crippen molar-refractivity contribution in [2.24, 2.45) is 0 Å². The Morgan fingerprint density at radius 2 is 1.83 bits per heavy atom. The van der Waals surface area contributed by atoms with Gasteiger partial charge in [0.2, 0.25) is 0 Å². The van der Waals surface area contributed by atoms with E-state index < -0.39 is 28.9 Å². The summed E-state index contributed by atoms with van der Waals surface area (Å²) in [6, 6.07) is 13.5. The Morgan fingerprint density at radius 1 is 1.11 bits per heavy atom. The van der Waals surface area contributed by atoms with Crippen LogP contribution in [0, 0.1) is 0 Å². The quantitative estimate of drug-likeness (QED) is 0.196. The maximum atomic E-state index is 14.1. The molecule has 2 amide bonds. The van der Waals surface area contributed by atoms with Crippen molar-refractivity contribution < 1.29 is 29.0 Å². The molecule has 8 heteroatoms. The molecule has 1 spiro atoms. The number of hydrogen-bond donors (Lipinski definition) is 1. The number of nitrogens with zero attached hydrogens (tertiary/aromatic N) is 2. The molecule has 0 saturated carbocycles. The smallest absolute Gasteiger partial charge is 0.296 e. The minimum atomic E-state index is -1.79. The van der Waals surface area contributed by atoms with Crippen molar-refractivity contribution >= 4 is 29.0 Å². The third-order valence-electron chi connectivity index (χ3n) is 6.29. The second-order valence-corrected chi connectivity index (χ2v) is 8.25. The van der Waals surface area contributed by atoms with Crippen LogP contribution in [0.5, 0.6) is 5.75 Å². The van der Waals surface area contributed by atoms with Gasteiger partial charge in [0.05, 0.1) is 17.9 Å². The number of carbonyl (C=O) groups excluding carboxylic acids is 3. The van der Waals surface area contributed by atoms with Crippen LogP contribution < -0.4 is 9.64 Å². The Hall–Kier alpha value is -3.91. The number of methoxy groups -OCH3 is 1. The fraction of sp³-hybridized carbons (Fsp3) is 0.296. The molecule has 1 unspecified atom stereocenters. The first kappa shape index (κ1) is 24.2. The highest BCUT2D eigenvalue weighted by molar-refractivity contribution is 6.50. The number of amides is 2. The third-order valence-corrected chi connectivity index (χ3v) is 6.29. The van der Waals surface area contributed by atoms with Crippen molar-refractivity contribution in [1.29, 1.82) is 0 Å². The second-order valence-electron chi connectivity index (χ2n) is 8.25. The van der Waals surface area contributed by atoms with Gasteiger partial charge in [0.15, 0.2) is 5.54 Å². The van der Waals surface area contributed by atoms with Gasteiger partial charge in [-0.2, -0.15) is 0 Å². The number of Topliss-reactive ketones (excluding diaryl/α,β-unsaturated/α-hetero) is 1. The summed E-state index contributed by atoms with van der Waals surface area (Å²) in [5.41, 5.74) is -0.697. The fourth-order valence-electron chi connectivity index (χ4n) is 4.86. The first-order valence-corrected chi connectivity index (χ1v) is 11.5. The van der Waals surface area contributed by atoms with Crippen LogP contribution in [-0.4, -0.2) is 61.0 Å². The number of ketones is 1. The monoisotopic (exact) mass is 476 g/mol. The van der Waals surface area contributed by atoms with Crippen molar-refractivity contribution in [3.8, 4) is 5.75 Å². The molecule has 2 heterocycles. The molecule has 0 radical (unpaired) electrons.